The molecule has 1 saturated heterocycles. The Morgan fingerprint density at radius 2 is 1.78 bits per heavy atom. The van der Waals surface area contributed by atoms with Crippen LogP contribution in [0.25, 0.3) is 0 Å². The van der Waals surface area contributed by atoms with Crippen LogP contribution in [0, 0.1) is 17.2 Å². The van der Waals surface area contributed by atoms with Crippen molar-refractivity contribution in [1.29, 1.82) is 5.26 Å². The monoisotopic (exact) mass is 319 g/mol. The van der Waals surface area contributed by atoms with Crippen LogP contribution in [0.2, 0.25) is 0 Å². The molecule has 1 N–H and O–H groups in total. The van der Waals surface area contributed by atoms with Gasteiger partial charge in [0.15, 0.2) is 5.56 Å². The van der Waals surface area contributed by atoms with Crippen molar-refractivity contribution in [3.05, 3.63) is 26.4 Å². The molecule has 1 atom stereocenters. The molecular weight excluding hydrogens is 294 g/mol. The molecule has 7 nitrogen and oxygen atoms in total. The van der Waals surface area contributed by atoms with Gasteiger partial charge in [-0.2, -0.15) is 5.26 Å². The third-order valence-electron chi connectivity index (χ3n) is 4.63. The summed E-state index contributed by atoms with van der Waals surface area (Å²) < 4.78 is 2.30. The maximum absolute atomic E-state index is 12.1. The van der Waals surface area contributed by atoms with Crippen LogP contribution in [0.1, 0.15) is 32.3 Å². The average molecular weight is 319 g/mol. The highest BCUT2D eigenvalue weighted by molar-refractivity contribution is 5.51. The largest absolute Gasteiger partial charge is 0.369 e. The Hall–Kier alpha value is -2.07. The molecule has 0 radical (unpaired) electrons. The lowest BCUT2D eigenvalue weighted by atomic mass is 10.0. The van der Waals surface area contributed by atoms with E-state index in [4.69, 9.17) is 0 Å². The number of nitrogens with one attached hydrogen (secondary N) is 1. The molecule has 0 amide bonds. The summed E-state index contributed by atoms with van der Waals surface area (Å²) in [6.45, 7) is 7.08. The number of anilines is 1. The SMILES string of the molecule is CC(C)C(CNc1c(C#N)c(=O)n(C)c(=O)n1C)N1CCCC1. The maximum Gasteiger partial charge on any atom is 0.332 e. The van der Waals surface area contributed by atoms with E-state index in [2.05, 4.69) is 24.1 Å². The molecule has 7 heteroatoms. The van der Waals surface area contributed by atoms with Gasteiger partial charge in [-0.3, -0.25) is 18.8 Å². The molecule has 2 heterocycles. The second kappa shape index (κ2) is 7.01. The molecule has 0 saturated carbocycles. The Bertz CT molecular complexity index is 720. The highest BCUT2D eigenvalue weighted by Gasteiger charge is 2.25. The average Bonchev–Trinajstić information content (AvgIpc) is 3.04. The zero-order valence-corrected chi connectivity index (χ0v) is 14.3. The van der Waals surface area contributed by atoms with Gasteiger partial charge in [-0.1, -0.05) is 13.8 Å². The maximum atomic E-state index is 12.1. The Morgan fingerprint density at radius 1 is 1.17 bits per heavy atom. The Labute approximate surface area is 136 Å². The second-order valence-electron chi connectivity index (χ2n) is 6.48. The molecule has 1 unspecified atom stereocenters. The number of hydrogen-bond acceptors (Lipinski definition) is 5. The van der Waals surface area contributed by atoms with Gasteiger partial charge >= 0.3 is 5.69 Å². The summed E-state index contributed by atoms with van der Waals surface area (Å²) in [4.78, 5) is 26.6. The fourth-order valence-corrected chi connectivity index (χ4v) is 3.21. The highest BCUT2D eigenvalue weighted by Crippen LogP contribution is 2.18. The van der Waals surface area contributed by atoms with E-state index in [9.17, 15) is 14.9 Å². The lowest BCUT2D eigenvalue weighted by Crippen LogP contribution is -2.44. The molecule has 1 aliphatic rings. The molecule has 23 heavy (non-hydrogen) atoms. The van der Waals surface area contributed by atoms with Crippen LogP contribution < -0.4 is 16.6 Å². The van der Waals surface area contributed by atoms with Crippen LogP contribution in [0.15, 0.2) is 9.59 Å². The minimum Gasteiger partial charge on any atom is -0.369 e. The van der Waals surface area contributed by atoms with Gasteiger partial charge in [0.05, 0.1) is 0 Å². The van der Waals surface area contributed by atoms with E-state index in [1.165, 1.54) is 24.5 Å². The summed E-state index contributed by atoms with van der Waals surface area (Å²) in [6.07, 6.45) is 2.41. The number of hydrogen-bond donors (Lipinski definition) is 1. The van der Waals surface area contributed by atoms with E-state index in [0.29, 0.717) is 24.3 Å². The van der Waals surface area contributed by atoms with Crippen molar-refractivity contribution in [3.63, 3.8) is 0 Å². The first-order chi connectivity index (χ1) is 10.9. The fourth-order valence-electron chi connectivity index (χ4n) is 3.21. The summed E-state index contributed by atoms with van der Waals surface area (Å²) in [5, 5.41) is 12.5. The van der Waals surface area contributed by atoms with Crippen molar-refractivity contribution < 1.29 is 0 Å². The predicted molar refractivity (Wildman–Crippen MR) is 89.6 cm³/mol. The van der Waals surface area contributed by atoms with E-state index >= 15 is 0 Å². The molecule has 0 spiro atoms. The molecule has 0 aliphatic carbocycles. The van der Waals surface area contributed by atoms with Crippen LogP contribution in [-0.4, -0.2) is 39.7 Å². The van der Waals surface area contributed by atoms with Crippen LogP contribution >= 0.6 is 0 Å². The first-order valence-corrected chi connectivity index (χ1v) is 8.06. The molecule has 1 aromatic heterocycles. The quantitative estimate of drug-likeness (QED) is 0.854. The minimum absolute atomic E-state index is 0.0153. The molecule has 0 aromatic carbocycles. The lowest BCUT2D eigenvalue weighted by Gasteiger charge is -2.31. The van der Waals surface area contributed by atoms with Gasteiger partial charge in [-0.05, 0) is 31.8 Å². The summed E-state index contributed by atoms with van der Waals surface area (Å²) in [7, 11) is 2.96. The standard InChI is InChI=1S/C16H25N5O2/c1-11(2)13(21-7-5-6-8-21)10-18-14-12(9-17)15(22)20(4)16(23)19(14)3/h11,13,18H,5-8,10H2,1-4H3. The van der Waals surface area contributed by atoms with Gasteiger partial charge in [0.1, 0.15) is 11.9 Å². The Morgan fingerprint density at radius 3 is 2.30 bits per heavy atom. The topological polar surface area (TPSA) is 83.1 Å². The van der Waals surface area contributed by atoms with Crippen LogP contribution in [0.5, 0.6) is 0 Å². The van der Waals surface area contributed by atoms with Gasteiger partial charge in [-0.15, -0.1) is 0 Å². The number of aromatic nitrogens is 2. The number of rotatable bonds is 5. The van der Waals surface area contributed by atoms with Gasteiger partial charge in [0.2, 0.25) is 0 Å². The normalized spacial score (nSPS) is 16.5. The summed E-state index contributed by atoms with van der Waals surface area (Å²) in [6, 6.07) is 2.23. The zero-order valence-electron chi connectivity index (χ0n) is 14.3. The summed E-state index contributed by atoms with van der Waals surface area (Å²) in [5.74, 6) is 0.750. The molecule has 0 bridgehead atoms. The van der Waals surface area contributed by atoms with Crippen molar-refractivity contribution >= 4 is 5.82 Å². The summed E-state index contributed by atoms with van der Waals surface area (Å²) in [5.41, 5.74) is -1.00. The van der Waals surface area contributed by atoms with E-state index in [-0.39, 0.29) is 5.56 Å². The van der Waals surface area contributed by atoms with Gasteiger partial charge in [0.25, 0.3) is 5.56 Å². The van der Waals surface area contributed by atoms with Crippen molar-refractivity contribution in [1.82, 2.24) is 14.0 Å². The third kappa shape index (κ3) is 3.32. The molecular formula is C16H25N5O2. The van der Waals surface area contributed by atoms with Gasteiger partial charge < -0.3 is 5.32 Å². The first kappa shape index (κ1) is 17.3. The Kier molecular flexibility index (Phi) is 5.26. The van der Waals surface area contributed by atoms with Crippen molar-refractivity contribution in [2.75, 3.05) is 25.0 Å². The first-order valence-electron chi connectivity index (χ1n) is 8.06. The smallest absolute Gasteiger partial charge is 0.332 e. The van der Waals surface area contributed by atoms with Crippen LogP contribution in [0.3, 0.4) is 0 Å². The predicted octanol–water partition coefficient (Wildman–Crippen LogP) is 0.488. The van der Waals surface area contributed by atoms with Crippen molar-refractivity contribution in [3.8, 4) is 6.07 Å². The highest BCUT2D eigenvalue weighted by atomic mass is 16.2. The van der Waals surface area contributed by atoms with Gasteiger partial charge in [0, 0.05) is 26.7 Å². The van der Waals surface area contributed by atoms with E-state index in [0.717, 1.165) is 17.7 Å². The van der Waals surface area contributed by atoms with Crippen molar-refractivity contribution in [2.24, 2.45) is 20.0 Å². The number of nitrogens with zero attached hydrogens (tertiary/aromatic N) is 4. The van der Waals surface area contributed by atoms with Crippen LogP contribution in [0.4, 0.5) is 5.82 Å². The van der Waals surface area contributed by atoms with Crippen molar-refractivity contribution in [2.45, 2.75) is 32.7 Å². The molecule has 1 fully saturated rings. The molecule has 2 rings (SSSR count). The number of likely N-dealkylation sites (tertiary alicyclic amines) is 1. The Balaban J connectivity index is 2.31. The molecule has 1 aliphatic heterocycles. The van der Waals surface area contributed by atoms with E-state index in [1.807, 2.05) is 6.07 Å². The van der Waals surface area contributed by atoms with Gasteiger partial charge in [-0.25, -0.2) is 4.79 Å². The molecule has 1 aromatic rings. The zero-order chi connectivity index (χ0) is 17.1. The van der Waals surface area contributed by atoms with Crippen LogP contribution in [-0.2, 0) is 14.1 Å². The third-order valence-corrected chi connectivity index (χ3v) is 4.63. The fraction of sp³-hybridized carbons (Fsp3) is 0.688. The summed E-state index contributed by atoms with van der Waals surface area (Å²) >= 11 is 0. The van der Waals surface area contributed by atoms with E-state index in [1.54, 1.807) is 7.05 Å². The molecule has 126 valence electrons. The minimum atomic E-state index is -0.555. The lowest BCUT2D eigenvalue weighted by molar-refractivity contribution is 0.201. The second-order valence-corrected chi connectivity index (χ2v) is 6.48. The number of nitriles is 1. The van der Waals surface area contributed by atoms with E-state index < -0.39 is 11.2 Å².